The highest BCUT2D eigenvalue weighted by Gasteiger charge is 2.27. The third kappa shape index (κ3) is 5.81. The molecule has 2 aromatic rings. The summed E-state index contributed by atoms with van der Waals surface area (Å²) in [7, 11) is -1.77. The molecule has 1 unspecified atom stereocenters. The zero-order valence-electron chi connectivity index (χ0n) is 20.1. The number of aryl methyl sites for hydroxylation is 1. The summed E-state index contributed by atoms with van der Waals surface area (Å²) in [6.45, 7) is 1.98. The maximum absolute atomic E-state index is 13.3. The number of piperidine rings is 1. The fourth-order valence-electron chi connectivity index (χ4n) is 5.06. The molecule has 0 radical (unpaired) electrons. The van der Waals surface area contributed by atoms with Crippen LogP contribution in [0.15, 0.2) is 53.4 Å². The minimum Gasteiger partial charge on any atom is -0.497 e. The summed E-state index contributed by atoms with van der Waals surface area (Å²) >= 11 is 0. The van der Waals surface area contributed by atoms with Crippen LogP contribution in [0.25, 0.3) is 0 Å². The summed E-state index contributed by atoms with van der Waals surface area (Å²) in [6, 6.07) is 15.2. The molecule has 0 spiro atoms. The lowest BCUT2D eigenvalue weighted by atomic mass is 10.00. The molecule has 0 bridgehead atoms. The van der Waals surface area contributed by atoms with E-state index in [9.17, 15) is 13.2 Å². The predicted octanol–water partition coefficient (Wildman–Crippen LogP) is 4.95. The number of nitrogens with zero attached hydrogens (tertiary/aromatic N) is 2. The molecule has 2 aromatic carbocycles. The van der Waals surface area contributed by atoms with Gasteiger partial charge in [-0.1, -0.05) is 43.5 Å². The third-order valence-corrected chi connectivity index (χ3v) is 8.99. The van der Waals surface area contributed by atoms with E-state index in [4.69, 9.17) is 4.74 Å². The first-order valence-corrected chi connectivity index (χ1v) is 14.0. The number of benzene rings is 2. The van der Waals surface area contributed by atoms with Crippen molar-refractivity contribution in [2.45, 2.75) is 68.7 Å². The molecule has 4 rings (SSSR count). The van der Waals surface area contributed by atoms with Crippen LogP contribution in [-0.2, 0) is 21.2 Å². The number of sulfonamides is 1. The van der Waals surface area contributed by atoms with Crippen LogP contribution in [-0.4, -0.2) is 50.3 Å². The second kappa shape index (κ2) is 11.4. The largest absolute Gasteiger partial charge is 0.497 e. The zero-order valence-corrected chi connectivity index (χ0v) is 20.9. The Morgan fingerprint density at radius 3 is 2.21 bits per heavy atom. The highest BCUT2D eigenvalue weighted by atomic mass is 32.2. The summed E-state index contributed by atoms with van der Waals surface area (Å²) in [5, 5.41) is 0. The fourth-order valence-corrected chi connectivity index (χ4v) is 6.57. The molecule has 34 heavy (non-hydrogen) atoms. The SMILES string of the molecule is COc1ccc(C2CCCCCN2C(=O)CCc2ccc(S(=O)(=O)N3CCCCC3)cc2)cc1. The predicted molar refractivity (Wildman–Crippen MR) is 133 cm³/mol. The maximum atomic E-state index is 13.3. The number of carbonyl (C=O) groups excluding carboxylic acids is 1. The van der Waals surface area contributed by atoms with Crippen molar-refractivity contribution in [3.8, 4) is 5.75 Å². The second-order valence-corrected chi connectivity index (χ2v) is 11.3. The van der Waals surface area contributed by atoms with E-state index in [2.05, 4.69) is 12.1 Å². The fraction of sp³-hybridized carbons (Fsp3) is 0.519. The van der Waals surface area contributed by atoms with Crippen molar-refractivity contribution >= 4 is 15.9 Å². The van der Waals surface area contributed by atoms with E-state index in [1.807, 2.05) is 29.2 Å². The molecule has 0 N–H and O–H groups in total. The van der Waals surface area contributed by atoms with Crippen LogP contribution < -0.4 is 4.74 Å². The van der Waals surface area contributed by atoms with Gasteiger partial charge < -0.3 is 9.64 Å². The maximum Gasteiger partial charge on any atom is 0.243 e. The molecule has 0 aromatic heterocycles. The first-order valence-electron chi connectivity index (χ1n) is 12.5. The van der Waals surface area contributed by atoms with Gasteiger partial charge in [0.25, 0.3) is 0 Å². The van der Waals surface area contributed by atoms with E-state index >= 15 is 0 Å². The van der Waals surface area contributed by atoms with Gasteiger partial charge in [-0.2, -0.15) is 4.31 Å². The summed E-state index contributed by atoms with van der Waals surface area (Å²) in [5.41, 5.74) is 2.14. The van der Waals surface area contributed by atoms with E-state index in [1.54, 1.807) is 23.5 Å². The van der Waals surface area contributed by atoms with Crippen LogP contribution in [0.4, 0.5) is 0 Å². The van der Waals surface area contributed by atoms with Crippen molar-refractivity contribution in [3.05, 3.63) is 59.7 Å². The summed E-state index contributed by atoms with van der Waals surface area (Å²) in [5.74, 6) is 0.980. The third-order valence-electron chi connectivity index (χ3n) is 7.08. The topological polar surface area (TPSA) is 66.9 Å². The normalized spacial score (nSPS) is 20.0. The second-order valence-electron chi connectivity index (χ2n) is 9.33. The van der Waals surface area contributed by atoms with Gasteiger partial charge in [-0.15, -0.1) is 0 Å². The van der Waals surface area contributed by atoms with Crippen LogP contribution in [0.2, 0.25) is 0 Å². The number of ether oxygens (including phenoxy) is 1. The Hall–Kier alpha value is -2.38. The molecule has 1 atom stereocenters. The number of likely N-dealkylation sites (tertiary alicyclic amines) is 1. The van der Waals surface area contributed by atoms with Crippen LogP contribution in [0.1, 0.15) is 68.5 Å². The molecule has 2 saturated heterocycles. The van der Waals surface area contributed by atoms with Gasteiger partial charge in [0.05, 0.1) is 18.0 Å². The Balaban J connectivity index is 1.40. The Morgan fingerprint density at radius 1 is 0.882 bits per heavy atom. The lowest BCUT2D eigenvalue weighted by Gasteiger charge is -2.31. The first kappa shape index (κ1) is 24.7. The molecule has 184 valence electrons. The van der Waals surface area contributed by atoms with Crippen LogP contribution in [0.3, 0.4) is 0 Å². The lowest BCUT2D eigenvalue weighted by Crippen LogP contribution is -2.35. The molecule has 0 saturated carbocycles. The molecule has 0 aliphatic carbocycles. The van der Waals surface area contributed by atoms with E-state index < -0.39 is 10.0 Å². The van der Waals surface area contributed by atoms with Gasteiger partial charge in [0.1, 0.15) is 5.75 Å². The quantitative estimate of drug-likeness (QED) is 0.558. The smallest absolute Gasteiger partial charge is 0.243 e. The number of hydrogen-bond acceptors (Lipinski definition) is 4. The van der Waals surface area contributed by atoms with E-state index in [0.717, 1.165) is 68.4 Å². The number of hydrogen-bond donors (Lipinski definition) is 0. The van der Waals surface area contributed by atoms with Gasteiger partial charge in [-0.3, -0.25) is 4.79 Å². The van der Waals surface area contributed by atoms with Crippen molar-refractivity contribution in [2.24, 2.45) is 0 Å². The number of rotatable bonds is 7. The Kier molecular flexibility index (Phi) is 8.27. The van der Waals surface area contributed by atoms with Crippen LogP contribution in [0.5, 0.6) is 5.75 Å². The van der Waals surface area contributed by atoms with Crippen LogP contribution in [0, 0.1) is 0 Å². The Labute approximate surface area is 204 Å². The Bertz CT molecular complexity index is 1050. The van der Waals surface area contributed by atoms with Gasteiger partial charge in [-0.25, -0.2) is 8.42 Å². The molecule has 1 amide bonds. The van der Waals surface area contributed by atoms with E-state index in [-0.39, 0.29) is 11.9 Å². The van der Waals surface area contributed by atoms with Gasteiger partial charge in [-0.05, 0) is 67.5 Å². The average molecular weight is 485 g/mol. The molecular formula is C27H36N2O4S. The monoisotopic (exact) mass is 484 g/mol. The minimum absolute atomic E-state index is 0.0953. The van der Waals surface area contributed by atoms with Crippen LogP contribution >= 0.6 is 0 Å². The lowest BCUT2D eigenvalue weighted by molar-refractivity contribution is -0.133. The first-order chi connectivity index (χ1) is 16.5. The average Bonchev–Trinajstić information content (AvgIpc) is 3.14. The van der Waals surface area contributed by atoms with Gasteiger partial charge in [0, 0.05) is 26.1 Å². The zero-order chi connectivity index (χ0) is 24.0. The molecule has 2 heterocycles. The van der Waals surface area contributed by atoms with Gasteiger partial charge in [0.15, 0.2) is 0 Å². The molecular weight excluding hydrogens is 448 g/mol. The van der Waals surface area contributed by atoms with Crippen molar-refractivity contribution in [1.29, 1.82) is 0 Å². The van der Waals surface area contributed by atoms with Crippen molar-refractivity contribution < 1.29 is 17.9 Å². The van der Waals surface area contributed by atoms with Gasteiger partial charge in [0.2, 0.25) is 15.9 Å². The standard InChI is InChI=1S/C27H36N2O4S/c1-33-24-14-12-23(13-15-24)26-8-4-2-7-21-29(26)27(30)18-11-22-9-16-25(17-10-22)34(31,32)28-19-5-3-6-20-28/h9-10,12-17,26H,2-8,11,18-21H2,1H3. The number of amides is 1. The molecule has 2 aliphatic heterocycles. The summed E-state index contributed by atoms with van der Waals surface area (Å²) in [6.07, 6.45) is 8.23. The van der Waals surface area contributed by atoms with Gasteiger partial charge >= 0.3 is 0 Å². The summed E-state index contributed by atoms with van der Waals surface area (Å²) < 4.78 is 32.6. The van der Waals surface area contributed by atoms with Crippen molar-refractivity contribution in [1.82, 2.24) is 9.21 Å². The van der Waals surface area contributed by atoms with Crippen molar-refractivity contribution in [3.63, 3.8) is 0 Å². The number of methoxy groups -OCH3 is 1. The highest BCUT2D eigenvalue weighted by Crippen LogP contribution is 2.32. The Morgan fingerprint density at radius 2 is 1.53 bits per heavy atom. The molecule has 2 fully saturated rings. The summed E-state index contributed by atoms with van der Waals surface area (Å²) in [4.78, 5) is 15.7. The molecule has 2 aliphatic rings. The molecule has 7 heteroatoms. The van der Waals surface area contributed by atoms with E-state index in [1.165, 1.54) is 0 Å². The minimum atomic E-state index is -3.43. The van der Waals surface area contributed by atoms with E-state index in [0.29, 0.717) is 30.8 Å². The van der Waals surface area contributed by atoms with Crippen molar-refractivity contribution in [2.75, 3.05) is 26.7 Å². The number of carbonyl (C=O) groups is 1. The highest BCUT2D eigenvalue weighted by molar-refractivity contribution is 7.89. The molecule has 6 nitrogen and oxygen atoms in total.